The monoisotopic (exact) mass is 612 g/mol. The van der Waals surface area contributed by atoms with E-state index in [0.717, 1.165) is 16.2 Å². The number of amides is 1. The van der Waals surface area contributed by atoms with Gasteiger partial charge in [0.1, 0.15) is 17.0 Å². The van der Waals surface area contributed by atoms with Gasteiger partial charge in [-0.15, -0.1) is 0 Å². The van der Waals surface area contributed by atoms with Crippen molar-refractivity contribution >= 4 is 39.2 Å². The van der Waals surface area contributed by atoms with Gasteiger partial charge in [-0.3, -0.25) is 18.8 Å². The molecule has 9 nitrogen and oxygen atoms in total. The van der Waals surface area contributed by atoms with Gasteiger partial charge in [-0.25, -0.2) is 4.98 Å². The van der Waals surface area contributed by atoms with E-state index in [9.17, 15) is 22.8 Å². The van der Waals surface area contributed by atoms with Crippen molar-refractivity contribution in [3.63, 3.8) is 0 Å². The summed E-state index contributed by atoms with van der Waals surface area (Å²) in [5.74, 6) is -0.580. The highest BCUT2D eigenvalue weighted by Crippen LogP contribution is 2.34. The average Bonchev–Trinajstić information content (AvgIpc) is 3.46. The number of para-hydroxylation sites is 1. The number of ether oxygens (including phenoxy) is 1. The van der Waals surface area contributed by atoms with Gasteiger partial charge in [0.15, 0.2) is 0 Å². The molecule has 0 fully saturated rings. The maximum atomic E-state index is 13.9. The number of aromatic nitrogens is 4. The Labute approximate surface area is 254 Å². The molecule has 0 aliphatic carbocycles. The molecule has 0 unspecified atom stereocenters. The first kappa shape index (κ1) is 29.6. The van der Waals surface area contributed by atoms with Crippen molar-refractivity contribution in [2.45, 2.75) is 19.3 Å². The number of anilines is 2. The summed E-state index contributed by atoms with van der Waals surface area (Å²) in [6.07, 6.45) is -2.92. The summed E-state index contributed by atoms with van der Waals surface area (Å²) < 4.78 is 49.3. The quantitative estimate of drug-likeness (QED) is 0.187. The van der Waals surface area contributed by atoms with Gasteiger partial charge in [-0.05, 0) is 48.0 Å². The number of carbonyl (C=O) groups excluding carboxylic acids is 1. The Morgan fingerprint density at radius 2 is 1.67 bits per heavy atom. The van der Waals surface area contributed by atoms with E-state index >= 15 is 0 Å². The van der Waals surface area contributed by atoms with Crippen molar-refractivity contribution in [2.75, 3.05) is 24.3 Å². The molecule has 12 heteroatoms. The van der Waals surface area contributed by atoms with Crippen LogP contribution in [0.5, 0.6) is 0 Å². The molecule has 2 N–H and O–H groups in total. The Morgan fingerprint density at radius 1 is 0.933 bits per heavy atom. The summed E-state index contributed by atoms with van der Waals surface area (Å²) in [5.41, 5.74) is 0.216. The van der Waals surface area contributed by atoms with E-state index in [-0.39, 0.29) is 28.0 Å². The molecule has 1 amide bonds. The highest BCUT2D eigenvalue weighted by atomic mass is 19.4. The summed E-state index contributed by atoms with van der Waals surface area (Å²) in [4.78, 5) is 31.2. The fourth-order valence-corrected chi connectivity index (χ4v) is 5.05. The van der Waals surface area contributed by atoms with Gasteiger partial charge < -0.3 is 15.4 Å². The van der Waals surface area contributed by atoms with Crippen LogP contribution in [-0.4, -0.2) is 38.9 Å². The number of nitrogens with zero attached hydrogens (tertiary/aromatic N) is 4. The highest BCUT2D eigenvalue weighted by molar-refractivity contribution is 6.10. The third-order valence-electron chi connectivity index (χ3n) is 7.21. The van der Waals surface area contributed by atoms with Crippen LogP contribution in [0.3, 0.4) is 0 Å². The molecule has 45 heavy (non-hydrogen) atoms. The first-order chi connectivity index (χ1) is 21.7. The van der Waals surface area contributed by atoms with Crippen molar-refractivity contribution in [3.8, 4) is 5.69 Å². The molecule has 0 aliphatic rings. The maximum Gasteiger partial charge on any atom is 0.433 e. The van der Waals surface area contributed by atoms with E-state index in [1.54, 1.807) is 59.4 Å². The van der Waals surface area contributed by atoms with Gasteiger partial charge in [0.25, 0.3) is 11.5 Å². The van der Waals surface area contributed by atoms with Crippen molar-refractivity contribution in [3.05, 3.63) is 124 Å². The van der Waals surface area contributed by atoms with E-state index in [1.165, 1.54) is 13.1 Å². The third-order valence-corrected chi connectivity index (χ3v) is 7.21. The smallest absolute Gasteiger partial charge is 0.386 e. The number of carbonyl (C=O) groups is 1. The molecule has 3 aromatic heterocycles. The van der Waals surface area contributed by atoms with Gasteiger partial charge in [0.05, 0.1) is 36.6 Å². The number of alkyl halides is 3. The lowest BCUT2D eigenvalue weighted by Gasteiger charge is -2.18. The van der Waals surface area contributed by atoms with Crippen LogP contribution >= 0.6 is 0 Å². The van der Waals surface area contributed by atoms with Crippen molar-refractivity contribution in [1.29, 1.82) is 0 Å². The number of nitrogens with one attached hydrogen (secondary N) is 2. The number of benzene rings is 3. The molecule has 0 aliphatic heterocycles. The number of fused-ring (bicyclic) bond motifs is 2. The van der Waals surface area contributed by atoms with Gasteiger partial charge in [0.2, 0.25) is 0 Å². The molecule has 0 spiro atoms. The van der Waals surface area contributed by atoms with Crippen LogP contribution in [0.1, 0.15) is 21.6 Å². The van der Waals surface area contributed by atoms with E-state index in [1.807, 2.05) is 30.3 Å². The second kappa shape index (κ2) is 12.2. The largest absolute Gasteiger partial charge is 0.433 e. The van der Waals surface area contributed by atoms with Crippen molar-refractivity contribution < 1.29 is 22.7 Å². The number of pyridine rings is 2. The fourth-order valence-electron chi connectivity index (χ4n) is 5.05. The van der Waals surface area contributed by atoms with E-state index < -0.39 is 23.3 Å². The molecule has 3 heterocycles. The van der Waals surface area contributed by atoms with Crippen LogP contribution in [-0.2, 0) is 24.1 Å². The Bertz CT molecular complexity index is 2060. The Hall–Kier alpha value is -5.49. The Balaban J connectivity index is 1.30. The SMILES string of the molecule is CNc1c(NC(=O)c2ccc3nn(CCOCc4ccccc4)cc3c2)c(=O)n(-c2ccccc2)c2nc(C(F)(F)F)ccc12. The second-order valence-corrected chi connectivity index (χ2v) is 10.2. The van der Waals surface area contributed by atoms with Crippen LogP contribution in [0.4, 0.5) is 24.5 Å². The molecular formula is C33H27F3N6O3. The molecule has 0 atom stereocenters. The van der Waals surface area contributed by atoms with E-state index in [4.69, 9.17) is 4.74 Å². The third kappa shape index (κ3) is 6.13. The van der Waals surface area contributed by atoms with Crippen LogP contribution in [0, 0.1) is 0 Å². The highest BCUT2D eigenvalue weighted by Gasteiger charge is 2.33. The molecule has 228 valence electrons. The number of hydrogen-bond donors (Lipinski definition) is 2. The van der Waals surface area contributed by atoms with Crippen molar-refractivity contribution in [1.82, 2.24) is 19.3 Å². The lowest BCUT2D eigenvalue weighted by Crippen LogP contribution is -2.27. The number of halogens is 3. The van der Waals surface area contributed by atoms with E-state index in [2.05, 4.69) is 20.7 Å². The van der Waals surface area contributed by atoms with Crippen LogP contribution in [0.2, 0.25) is 0 Å². The fraction of sp³-hybridized carbons (Fsp3) is 0.152. The minimum atomic E-state index is -4.72. The molecule has 0 saturated carbocycles. The first-order valence-electron chi connectivity index (χ1n) is 14.0. The zero-order valence-corrected chi connectivity index (χ0v) is 24.0. The zero-order valence-electron chi connectivity index (χ0n) is 24.0. The first-order valence-corrected chi connectivity index (χ1v) is 14.0. The van der Waals surface area contributed by atoms with Crippen LogP contribution in [0.25, 0.3) is 27.6 Å². The molecule has 0 radical (unpaired) electrons. The standard InChI is InChI=1S/C33H27F3N6O3/c1-37-28-25-13-15-27(33(34,35)36)38-30(25)42(24-10-6-3-7-11-24)32(44)29(28)39-31(43)22-12-14-26-23(18-22)19-41(40-26)16-17-45-20-21-8-4-2-5-9-21/h2-15,18-19,37H,16-17,20H2,1H3,(H,39,43). The molecular weight excluding hydrogens is 585 g/mol. The predicted octanol–water partition coefficient (Wildman–Crippen LogP) is 6.27. The second-order valence-electron chi connectivity index (χ2n) is 10.2. The molecule has 0 bridgehead atoms. The van der Waals surface area contributed by atoms with Gasteiger partial charge in [-0.2, -0.15) is 18.3 Å². The normalized spacial score (nSPS) is 11.6. The topological polar surface area (TPSA) is 103 Å². The molecule has 3 aromatic carbocycles. The Morgan fingerprint density at radius 3 is 2.38 bits per heavy atom. The molecule has 0 saturated heterocycles. The summed E-state index contributed by atoms with van der Waals surface area (Å²) in [7, 11) is 1.51. The Kier molecular flexibility index (Phi) is 8.05. The average molecular weight is 613 g/mol. The summed E-state index contributed by atoms with van der Waals surface area (Å²) >= 11 is 0. The van der Waals surface area contributed by atoms with Gasteiger partial charge in [0, 0.05) is 29.6 Å². The van der Waals surface area contributed by atoms with Gasteiger partial charge in [-0.1, -0.05) is 48.5 Å². The lowest BCUT2D eigenvalue weighted by molar-refractivity contribution is -0.141. The number of hydrogen-bond acceptors (Lipinski definition) is 6. The molecule has 6 rings (SSSR count). The summed E-state index contributed by atoms with van der Waals surface area (Å²) in [6, 6.07) is 25.0. The minimum Gasteiger partial charge on any atom is -0.386 e. The van der Waals surface area contributed by atoms with E-state index in [0.29, 0.717) is 36.3 Å². The zero-order chi connectivity index (χ0) is 31.6. The van der Waals surface area contributed by atoms with Gasteiger partial charge >= 0.3 is 6.18 Å². The number of rotatable bonds is 9. The predicted molar refractivity (Wildman–Crippen MR) is 166 cm³/mol. The molecule has 6 aromatic rings. The summed E-state index contributed by atoms with van der Waals surface area (Å²) in [5, 5.41) is 11.0. The summed E-state index contributed by atoms with van der Waals surface area (Å²) in [6.45, 7) is 1.44. The van der Waals surface area contributed by atoms with Crippen LogP contribution in [0.15, 0.2) is 102 Å². The van der Waals surface area contributed by atoms with Crippen LogP contribution < -0.4 is 16.2 Å². The maximum absolute atomic E-state index is 13.9. The lowest BCUT2D eigenvalue weighted by atomic mass is 10.1. The van der Waals surface area contributed by atoms with Crippen molar-refractivity contribution in [2.24, 2.45) is 0 Å². The minimum absolute atomic E-state index is 0.133.